The van der Waals surface area contributed by atoms with E-state index >= 15 is 0 Å². The molecule has 7 heteroatoms. The third-order valence-corrected chi connectivity index (χ3v) is 4.62. The highest BCUT2D eigenvalue weighted by Gasteiger charge is 2.25. The Hall–Kier alpha value is -3.22. The van der Waals surface area contributed by atoms with Crippen LogP contribution in [0, 0.1) is 11.6 Å². The van der Waals surface area contributed by atoms with Crippen molar-refractivity contribution in [3.05, 3.63) is 72.0 Å². The molecule has 0 aliphatic carbocycles. The van der Waals surface area contributed by atoms with Crippen LogP contribution < -0.4 is 4.90 Å². The van der Waals surface area contributed by atoms with Gasteiger partial charge in [0.1, 0.15) is 17.3 Å². The van der Waals surface area contributed by atoms with Crippen LogP contribution in [0.2, 0.25) is 0 Å². The second-order valence-electron chi connectivity index (χ2n) is 6.34. The Morgan fingerprint density at radius 2 is 1.48 bits per heavy atom. The van der Waals surface area contributed by atoms with Crippen molar-refractivity contribution in [2.75, 3.05) is 31.1 Å². The highest BCUT2D eigenvalue weighted by atomic mass is 19.1. The number of hydrogen-bond acceptors (Lipinski definition) is 4. The lowest BCUT2D eigenvalue weighted by Crippen LogP contribution is -2.48. The summed E-state index contributed by atoms with van der Waals surface area (Å²) >= 11 is 0. The second-order valence-corrected chi connectivity index (χ2v) is 6.34. The summed E-state index contributed by atoms with van der Waals surface area (Å²) in [6, 6.07) is 13.7. The van der Waals surface area contributed by atoms with E-state index < -0.39 is 0 Å². The summed E-state index contributed by atoms with van der Waals surface area (Å²) in [7, 11) is 0. The maximum Gasteiger partial charge on any atom is 0.292 e. The average Bonchev–Trinajstić information content (AvgIpc) is 3.19. The molecule has 1 aliphatic heterocycles. The van der Waals surface area contributed by atoms with Gasteiger partial charge >= 0.3 is 0 Å². The number of nitrogens with zero attached hydrogens (tertiary/aromatic N) is 3. The van der Waals surface area contributed by atoms with Crippen LogP contribution >= 0.6 is 0 Å². The Morgan fingerprint density at radius 1 is 0.889 bits per heavy atom. The predicted octanol–water partition coefficient (Wildman–Crippen LogP) is 3.58. The minimum atomic E-state index is -0.336. The summed E-state index contributed by atoms with van der Waals surface area (Å²) in [6.45, 7) is 2.36. The molecule has 1 fully saturated rings. The molecule has 0 atom stereocenters. The number of halogens is 2. The van der Waals surface area contributed by atoms with E-state index in [1.165, 1.54) is 24.3 Å². The molecule has 0 N–H and O–H groups in total. The van der Waals surface area contributed by atoms with E-state index in [0.29, 0.717) is 37.4 Å². The quantitative estimate of drug-likeness (QED) is 0.708. The Bertz CT molecular complexity index is 931. The number of rotatable bonds is 3. The molecule has 0 radical (unpaired) electrons. The second kappa shape index (κ2) is 7.19. The van der Waals surface area contributed by atoms with Gasteiger partial charge in [0.25, 0.3) is 5.91 Å². The summed E-state index contributed by atoms with van der Waals surface area (Å²) in [4.78, 5) is 16.5. The third kappa shape index (κ3) is 3.67. The molecule has 1 saturated heterocycles. The number of aromatic nitrogens is 1. The van der Waals surface area contributed by atoms with E-state index in [1.54, 1.807) is 35.2 Å². The highest BCUT2D eigenvalue weighted by Crippen LogP contribution is 2.22. The van der Waals surface area contributed by atoms with Crippen molar-refractivity contribution in [3.8, 4) is 11.3 Å². The van der Waals surface area contributed by atoms with E-state index in [1.807, 2.05) is 0 Å². The first-order valence-corrected chi connectivity index (χ1v) is 8.62. The maximum absolute atomic E-state index is 13.0. The zero-order valence-electron chi connectivity index (χ0n) is 14.4. The predicted molar refractivity (Wildman–Crippen MR) is 96.4 cm³/mol. The molecule has 0 unspecified atom stereocenters. The fraction of sp³-hybridized carbons (Fsp3) is 0.200. The molecule has 27 heavy (non-hydrogen) atoms. The van der Waals surface area contributed by atoms with E-state index in [-0.39, 0.29) is 23.3 Å². The first-order valence-electron chi connectivity index (χ1n) is 8.62. The molecule has 1 aliphatic rings. The van der Waals surface area contributed by atoms with Crippen LogP contribution in [0.25, 0.3) is 11.3 Å². The molecule has 138 valence electrons. The Morgan fingerprint density at radius 3 is 2.11 bits per heavy atom. The van der Waals surface area contributed by atoms with E-state index in [4.69, 9.17) is 4.52 Å². The standard InChI is InChI=1S/C20H17F2N3O2/c21-15-3-1-14(2-4-15)18-13-19(27-23-18)20(26)25-11-9-24(10-12-25)17-7-5-16(22)6-8-17/h1-8,13H,9-12H2. The fourth-order valence-electron chi connectivity index (χ4n) is 3.11. The molecule has 0 saturated carbocycles. The SMILES string of the molecule is O=C(c1cc(-c2ccc(F)cc2)no1)N1CCN(c2ccc(F)cc2)CC1. The van der Waals surface area contributed by atoms with Gasteiger partial charge in [0.2, 0.25) is 5.76 Å². The minimum Gasteiger partial charge on any atom is -0.368 e. The van der Waals surface area contributed by atoms with Crippen LogP contribution in [0.15, 0.2) is 59.1 Å². The van der Waals surface area contributed by atoms with Crippen LogP contribution in [-0.2, 0) is 0 Å². The summed E-state index contributed by atoms with van der Waals surface area (Å²) in [5, 5.41) is 3.91. The summed E-state index contributed by atoms with van der Waals surface area (Å²) < 4.78 is 31.3. The van der Waals surface area contributed by atoms with Gasteiger partial charge in [-0.25, -0.2) is 8.78 Å². The van der Waals surface area contributed by atoms with Crippen molar-refractivity contribution in [3.63, 3.8) is 0 Å². The lowest BCUT2D eigenvalue weighted by Gasteiger charge is -2.35. The van der Waals surface area contributed by atoms with Crippen LogP contribution in [-0.4, -0.2) is 42.1 Å². The Kier molecular flexibility index (Phi) is 4.58. The maximum atomic E-state index is 13.0. The van der Waals surface area contributed by atoms with Crippen LogP contribution in [0.1, 0.15) is 10.6 Å². The third-order valence-electron chi connectivity index (χ3n) is 4.62. The molecule has 2 heterocycles. The summed E-state index contributed by atoms with van der Waals surface area (Å²) in [5.74, 6) is -0.674. The summed E-state index contributed by atoms with van der Waals surface area (Å²) in [5.41, 5.74) is 2.10. The normalized spacial score (nSPS) is 14.4. The number of piperazine rings is 1. The number of anilines is 1. The fourth-order valence-corrected chi connectivity index (χ4v) is 3.11. The van der Waals surface area contributed by atoms with Gasteiger partial charge in [-0.2, -0.15) is 0 Å². The molecule has 0 bridgehead atoms. The average molecular weight is 369 g/mol. The zero-order chi connectivity index (χ0) is 18.8. The van der Waals surface area contributed by atoms with Gasteiger partial charge in [-0.3, -0.25) is 4.79 Å². The highest BCUT2D eigenvalue weighted by molar-refractivity contribution is 5.92. The van der Waals surface area contributed by atoms with Crippen molar-refractivity contribution < 1.29 is 18.1 Å². The van der Waals surface area contributed by atoms with Crippen molar-refractivity contribution in [2.24, 2.45) is 0 Å². The first kappa shape index (κ1) is 17.2. The molecule has 4 rings (SSSR count). The number of hydrogen-bond donors (Lipinski definition) is 0. The van der Waals surface area contributed by atoms with Gasteiger partial charge in [0.05, 0.1) is 0 Å². The smallest absolute Gasteiger partial charge is 0.292 e. The molecule has 5 nitrogen and oxygen atoms in total. The Balaban J connectivity index is 1.41. The van der Waals surface area contributed by atoms with E-state index in [9.17, 15) is 13.6 Å². The van der Waals surface area contributed by atoms with Crippen molar-refractivity contribution in [1.82, 2.24) is 10.1 Å². The monoisotopic (exact) mass is 369 g/mol. The van der Waals surface area contributed by atoms with Gasteiger partial charge in [-0.15, -0.1) is 0 Å². The van der Waals surface area contributed by atoms with Crippen LogP contribution in [0.3, 0.4) is 0 Å². The largest absolute Gasteiger partial charge is 0.368 e. The summed E-state index contributed by atoms with van der Waals surface area (Å²) in [6.07, 6.45) is 0. The molecular weight excluding hydrogens is 352 g/mol. The zero-order valence-corrected chi connectivity index (χ0v) is 14.4. The lowest BCUT2D eigenvalue weighted by molar-refractivity contribution is 0.0705. The van der Waals surface area contributed by atoms with Gasteiger partial charge < -0.3 is 14.3 Å². The van der Waals surface area contributed by atoms with Gasteiger partial charge in [-0.05, 0) is 48.5 Å². The first-order chi connectivity index (χ1) is 13.1. The molecule has 0 spiro atoms. The van der Waals surface area contributed by atoms with Crippen molar-refractivity contribution >= 4 is 11.6 Å². The van der Waals surface area contributed by atoms with Crippen LogP contribution in [0.4, 0.5) is 14.5 Å². The topological polar surface area (TPSA) is 49.6 Å². The lowest BCUT2D eigenvalue weighted by atomic mass is 10.1. The minimum absolute atomic E-state index is 0.157. The van der Waals surface area contributed by atoms with Crippen LogP contribution in [0.5, 0.6) is 0 Å². The molecule has 1 aromatic heterocycles. The van der Waals surface area contributed by atoms with Gasteiger partial charge in [0.15, 0.2) is 0 Å². The number of carbonyl (C=O) groups excluding carboxylic acids is 1. The molecule has 2 aromatic carbocycles. The van der Waals surface area contributed by atoms with E-state index in [2.05, 4.69) is 10.1 Å². The number of carbonyl (C=O) groups is 1. The molecule has 1 amide bonds. The number of benzene rings is 2. The van der Waals surface area contributed by atoms with Gasteiger partial charge in [0, 0.05) is 43.5 Å². The van der Waals surface area contributed by atoms with Crippen molar-refractivity contribution in [2.45, 2.75) is 0 Å². The Labute approximate surface area is 154 Å². The van der Waals surface area contributed by atoms with E-state index in [0.717, 1.165) is 5.69 Å². The van der Waals surface area contributed by atoms with Gasteiger partial charge in [-0.1, -0.05) is 5.16 Å². The molecule has 3 aromatic rings. The molecular formula is C20H17F2N3O2. The number of amides is 1. The van der Waals surface area contributed by atoms with Crippen molar-refractivity contribution in [1.29, 1.82) is 0 Å².